The monoisotopic (exact) mass is 502 g/mol. The van der Waals surface area contributed by atoms with E-state index in [1.54, 1.807) is 0 Å². The third-order valence-electron chi connectivity index (χ3n) is 5.48. The summed E-state index contributed by atoms with van der Waals surface area (Å²) in [5.74, 6) is -0.654. The minimum absolute atomic E-state index is 0.00511. The smallest absolute Gasteiger partial charge is 0.405 e. The fourth-order valence-electron chi connectivity index (χ4n) is 3.57. The molecule has 188 valence electrons. The first-order chi connectivity index (χ1) is 17.0. The number of alkyl halides is 3. The van der Waals surface area contributed by atoms with Gasteiger partial charge in [-0.25, -0.2) is 9.97 Å². The standard InChI is InChI=1S/C22H21F3N8O3/c1-21(2)4-7-33(20(21)35)17-14(10-32(31-17)8-5-26)29-18(34)15-11-36-19(30-15)13-3-6-27-16(9-13)28-12-22(23,24)25/h3,6,9-11H,4,7-8,12H2,1-2H3,(H,27,28)(H,29,34). The Balaban J connectivity index is 1.53. The van der Waals surface area contributed by atoms with Crippen molar-refractivity contribution >= 4 is 29.1 Å². The fourth-order valence-corrected chi connectivity index (χ4v) is 3.57. The van der Waals surface area contributed by atoms with Gasteiger partial charge in [0.25, 0.3) is 5.91 Å². The molecule has 1 aliphatic rings. The highest BCUT2D eigenvalue weighted by Crippen LogP contribution is 2.36. The molecule has 11 nitrogen and oxygen atoms in total. The Hall–Kier alpha value is -4.41. The van der Waals surface area contributed by atoms with Crippen molar-refractivity contribution in [2.75, 3.05) is 28.6 Å². The van der Waals surface area contributed by atoms with Crippen LogP contribution in [0.4, 0.5) is 30.5 Å². The van der Waals surface area contributed by atoms with Crippen LogP contribution in [0, 0.1) is 16.7 Å². The molecule has 0 atom stereocenters. The molecular weight excluding hydrogens is 481 g/mol. The van der Waals surface area contributed by atoms with Gasteiger partial charge < -0.3 is 15.1 Å². The van der Waals surface area contributed by atoms with Gasteiger partial charge in [0, 0.05) is 23.7 Å². The summed E-state index contributed by atoms with van der Waals surface area (Å²) in [5, 5.41) is 18.1. The molecule has 2 amide bonds. The minimum Gasteiger partial charge on any atom is -0.444 e. The molecule has 1 aliphatic heterocycles. The second-order valence-corrected chi connectivity index (χ2v) is 8.70. The molecule has 2 N–H and O–H groups in total. The Morgan fingerprint density at radius 1 is 1.36 bits per heavy atom. The van der Waals surface area contributed by atoms with Crippen molar-refractivity contribution in [2.24, 2.45) is 5.41 Å². The number of halogens is 3. The second-order valence-electron chi connectivity index (χ2n) is 8.70. The molecule has 0 saturated carbocycles. The van der Waals surface area contributed by atoms with Crippen molar-refractivity contribution in [1.82, 2.24) is 19.7 Å². The van der Waals surface area contributed by atoms with Crippen molar-refractivity contribution in [3.05, 3.63) is 36.5 Å². The number of hydrogen-bond donors (Lipinski definition) is 2. The van der Waals surface area contributed by atoms with E-state index in [4.69, 9.17) is 9.68 Å². The lowest BCUT2D eigenvalue weighted by Crippen LogP contribution is -2.32. The zero-order valence-corrected chi connectivity index (χ0v) is 19.3. The number of rotatable bonds is 7. The molecule has 1 saturated heterocycles. The summed E-state index contributed by atoms with van der Waals surface area (Å²) in [4.78, 5) is 35.1. The van der Waals surface area contributed by atoms with Gasteiger partial charge in [0.05, 0.1) is 12.3 Å². The number of aromatic nitrogens is 4. The zero-order chi connectivity index (χ0) is 26.1. The van der Waals surface area contributed by atoms with Crippen molar-refractivity contribution in [3.8, 4) is 17.5 Å². The lowest BCUT2D eigenvalue weighted by molar-refractivity contribution is -0.124. The lowest BCUT2D eigenvalue weighted by atomic mass is 9.92. The Kier molecular flexibility index (Phi) is 6.40. The molecule has 0 aliphatic carbocycles. The maximum absolute atomic E-state index is 12.9. The average molecular weight is 502 g/mol. The molecule has 14 heteroatoms. The summed E-state index contributed by atoms with van der Waals surface area (Å²) in [7, 11) is 0. The van der Waals surface area contributed by atoms with Gasteiger partial charge in [0.2, 0.25) is 11.8 Å². The van der Waals surface area contributed by atoms with Gasteiger partial charge in [-0.2, -0.15) is 23.5 Å². The molecular formula is C22H21F3N8O3. The summed E-state index contributed by atoms with van der Waals surface area (Å²) >= 11 is 0. The molecule has 1 fully saturated rings. The summed E-state index contributed by atoms with van der Waals surface area (Å²) in [6, 6.07) is 4.73. The van der Waals surface area contributed by atoms with E-state index in [2.05, 4.69) is 25.7 Å². The summed E-state index contributed by atoms with van der Waals surface area (Å²) < 4.78 is 44.0. The Bertz CT molecular complexity index is 1340. The van der Waals surface area contributed by atoms with E-state index in [9.17, 15) is 22.8 Å². The third-order valence-corrected chi connectivity index (χ3v) is 5.48. The van der Waals surface area contributed by atoms with Crippen LogP contribution in [0.15, 0.2) is 35.2 Å². The molecule has 0 unspecified atom stereocenters. The predicted molar refractivity (Wildman–Crippen MR) is 121 cm³/mol. The maximum Gasteiger partial charge on any atom is 0.405 e. The van der Waals surface area contributed by atoms with Crippen LogP contribution in [0.2, 0.25) is 0 Å². The molecule has 4 heterocycles. The fraction of sp³-hybridized carbons (Fsp3) is 0.364. The van der Waals surface area contributed by atoms with Crippen LogP contribution in [0.5, 0.6) is 0 Å². The summed E-state index contributed by atoms with van der Waals surface area (Å²) in [6.07, 6.45) is 0.00123. The Morgan fingerprint density at radius 2 is 2.14 bits per heavy atom. The van der Waals surface area contributed by atoms with E-state index in [0.717, 1.165) is 6.26 Å². The van der Waals surface area contributed by atoms with Gasteiger partial charge >= 0.3 is 6.18 Å². The number of amides is 2. The van der Waals surface area contributed by atoms with Crippen LogP contribution in [-0.4, -0.2) is 50.8 Å². The lowest BCUT2D eigenvalue weighted by Gasteiger charge is -2.18. The van der Waals surface area contributed by atoms with E-state index in [1.807, 2.05) is 19.9 Å². The van der Waals surface area contributed by atoms with Crippen molar-refractivity contribution in [1.29, 1.82) is 5.26 Å². The number of pyridine rings is 1. The van der Waals surface area contributed by atoms with Gasteiger partial charge in [-0.3, -0.25) is 19.2 Å². The molecule has 0 radical (unpaired) electrons. The Morgan fingerprint density at radius 3 is 2.81 bits per heavy atom. The number of anilines is 3. The molecule has 0 aromatic carbocycles. The van der Waals surface area contributed by atoms with Crippen molar-refractivity contribution in [2.45, 2.75) is 33.0 Å². The van der Waals surface area contributed by atoms with E-state index in [0.29, 0.717) is 18.5 Å². The van der Waals surface area contributed by atoms with Gasteiger partial charge in [-0.05, 0) is 18.6 Å². The minimum atomic E-state index is -4.42. The normalized spacial score (nSPS) is 15.1. The molecule has 3 aromatic rings. The number of nitrogens with zero attached hydrogens (tertiary/aromatic N) is 6. The predicted octanol–water partition coefficient (Wildman–Crippen LogP) is 3.45. The largest absolute Gasteiger partial charge is 0.444 e. The van der Waals surface area contributed by atoms with Gasteiger partial charge in [0.1, 0.15) is 30.9 Å². The number of nitrogens with one attached hydrogen (secondary N) is 2. The number of carbonyl (C=O) groups excluding carboxylic acids is 2. The van der Waals surface area contributed by atoms with E-state index in [1.165, 1.54) is 34.1 Å². The highest BCUT2D eigenvalue weighted by molar-refractivity contribution is 6.07. The molecule has 36 heavy (non-hydrogen) atoms. The molecule has 0 bridgehead atoms. The molecule has 0 spiro atoms. The molecule has 3 aromatic heterocycles. The van der Waals surface area contributed by atoms with E-state index in [-0.39, 0.29) is 41.4 Å². The van der Waals surface area contributed by atoms with Crippen LogP contribution in [0.1, 0.15) is 30.8 Å². The highest BCUT2D eigenvalue weighted by Gasteiger charge is 2.41. The SMILES string of the molecule is CC1(C)CCN(c2nn(CC#N)cc2NC(=O)c2coc(-c3ccnc(NCC(F)(F)F)c3)n2)C1=O. The van der Waals surface area contributed by atoms with Gasteiger partial charge in [-0.1, -0.05) is 13.8 Å². The van der Waals surface area contributed by atoms with Crippen LogP contribution >= 0.6 is 0 Å². The van der Waals surface area contributed by atoms with Crippen molar-refractivity contribution < 1.29 is 27.2 Å². The molecule has 4 rings (SSSR count). The van der Waals surface area contributed by atoms with Crippen molar-refractivity contribution in [3.63, 3.8) is 0 Å². The van der Waals surface area contributed by atoms with Crippen LogP contribution in [0.25, 0.3) is 11.5 Å². The highest BCUT2D eigenvalue weighted by atomic mass is 19.4. The zero-order valence-electron chi connectivity index (χ0n) is 19.3. The van der Waals surface area contributed by atoms with Gasteiger partial charge in [-0.15, -0.1) is 0 Å². The van der Waals surface area contributed by atoms with Gasteiger partial charge in [0.15, 0.2) is 11.5 Å². The van der Waals surface area contributed by atoms with Crippen LogP contribution in [-0.2, 0) is 11.3 Å². The first kappa shape index (κ1) is 24.7. The van der Waals surface area contributed by atoms with E-state index < -0.39 is 24.0 Å². The number of oxazole rings is 1. The van der Waals surface area contributed by atoms with Crippen LogP contribution in [0.3, 0.4) is 0 Å². The van der Waals surface area contributed by atoms with Crippen LogP contribution < -0.4 is 15.5 Å². The van der Waals surface area contributed by atoms with E-state index >= 15 is 0 Å². The number of hydrogen-bond acceptors (Lipinski definition) is 8. The topological polar surface area (TPSA) is 142 Å². The first-order valence-corrected chi connectivity index (χ1v) is 10.8. The number of carbonyl (C=O) groups is 2. The Labute approximate surface area is 202 Å². The summed E-state index contributed by atoms with van der Waals surface area (Å²) in [5.41, 5.74) is -0.173. The second kappa shape index (κ2) is 9.33. The number of nitriles is 1. The average Bonchev–Trinajstić information content (AvgIpc) is 3.51. The quantitative estimate of drug-likeness (QED) is 0.500. The third kappa shape index (κ3) is 5.29. The first-order valence-electron chi connectivity index (χ1n) is 10.8. The maximum atomic E-state index is 12.9. The summed E-state index contributed by atoms with van der Waals surface area (Å²) in [6.45, 7) is 2.69.